The summed E-state index contributed by atoms with van der Waals surface area (Å²) in [5, 5.41) is 2.00. The number of ether oxygens (including phenoxy) is 1. The van der Waals surface area contributed by atoms with Crippen molar-refractivity contribution in [3.8, 4) is 0 Å². The van der Waals surface area contributed by atoms with Crippen molar-refractivity contribution in [3.63, 3.8) is 0 Å². The SMILES string of the molecule is CCOC(=O)c1cc(N)cc(Cl)c1NCC(F)(F)F. The number of esters is 1. The van der Waals surface area contributed by atoms with Crippen LogP contribution in [0.1, 0.15) is 17.3 Å². The van der Waals surface area contributed by atoms with E-state index in [9.17, 15) is 18.0 Å². The lowest BCUT2D eigenvalue weighted by atomic mass is 10.1. The van der Waals surface area contributed by atoms with E-state index in [4.69, 9.17) is 22.1 Å². The summed E-state index contributed by atoms with van der Waals surface area (Å²) in [6.45, 7) is 0.349. The Morgan fingerprint density at radius 1 is 1.47 bits per heavy atom. The van der Waals surface area contributed by atoms with E-state index in [1.54, 1.807) is 6.92 Å². The number of rotatable bonds is 4. The number of hydrogen-bond donors (Lipinski definition) is 2. The van der Waals surface area contributed by atoms with Gasteiger partial charge in [-0.1, -0.05) is 11.6 Å². The Morgan fingerprint density at radius 3 is 2.63 bits per heavy atom. The molecule has 0 bridgehead atoms. The zero-order chi connectivity index (χ0) is 14.6. The van der Waals surface area contributed by atoms with Crippen molar-refractivity contribution in [2.24, 2.45) is 0 Å². The van der Waals surface area contributed by atoms with Crippen LogP contribution in [0.2, 0.25) is 5.02 Å². The van der Waals surface area contributed by atoms with E-state index < -0.39 is 18.7 Å². The molecule has 3 N–H and O–H groups in total. The number of carbonyl (C=O) groups excluding carboxylic acids is 1. The number of nitrogen functional groups attached to an aromatic ring is 1. The second kappa shape index (κ2) is 6.01. The van der Waals surface area contributed by atoms with E-state index >= 15 is 0 Å². The van der Waals surface area contributed by atoms with Gasteiger partial charge in [-0.05, 0) is 19.1 Å². The van der Waals surface area contributed by atoms with Crippen LogP contribution in [0.5, 0.6) is 0 Å². The number of alkyl halides is 3. The first-order chi connectivity index (χ1) is 8.74. The minimum atomic E-state index is -4.43. The fourth-order valence-electron chi connectivity index (χ4n) is 1.37. The monoisotopic (exact) mass is 296 g/mol. The normalized spacial score (nSPS) is 11.2. The number of hydrogen-bond acceptors (Lipinski definition) is 4. The number of halogens is 4. The predicted octanol–water partition coefficient (Wildman–Crippen LogP) is 3.07. The topological polar surface area (TPSA) is 64.3 Å². The summed E-state index contributed by atoms with van der Waals surface area (Å²) in [6, 6.07) is 2.46. The maximum Gasteiger partial charge on any atom is 0.405 e. The second-order valence-corrected chi connectivity index (χ2v) is 4.02. The van der Waals surface area contributed by atoms with E-state index in [0.717, 1.165) is 0 Å². The number of carbonyl (C=O) groups is 1. The third-order valence-corrected chi connectivity index (χ3v) is 2.37. The third kappa shape index (κ3) is 4.51. The van der Waals surface area contributed by atoms with Gasteiger partial charge < -0.3 is 15.8 Å². The Kier molecular flexibility index (Phi) is 4.88. The zero-order valence-electron chi connectivity index (χ0n) is 9.97. The molecule has 0 saturated heterocycles. The van der Waals surface area contributed by atoms with E-state index in [1.807, 2.05) is 0 Å². The Morgan fingerprint density at radius 2 is 2.11 bits per heavy atom. The average Bonchev–Trinajstić information content (AvgIpc) is 2.25. The molecule has 1 rings (SSSR count). The highest BCUT2D eigenvalue weighted by molar-refractivity contribution is 6.34. The highest BCUT2D eigenvalue weighted by atomic mass is 35.5. The molecular formula is C11H12ClF3N2O2. The van der Waals surface area contributed by atoms with Crippen LogP contribution in [-0.4, -0.2) is 25.3 Å². The standard InChI is InChI=1S/C11H12ClF3N2O2/c1-2-19-10(18)7-3-6(16)4-8(12)9(7)17-5-11(13,14)15/h3-4,17H,2,5,16H2,1H3. The number of nitrogens with one attached hydrogen (secondary N) is 1. The van der Waals surface area contributed by atoms with E-state index in [-0.39, 0.29) is 28.6 Å². The molecule has 19 heavy (non-hydrogen) atoms. The minimum absolute atomic E-state index is 0.0766. The maximum absolute atomic E-state index is 12.2. The van der Waals surface area contributed by atoms with Gasteiger partial charge in [0.2, 0.25) is 0 Å². The summed E-state index contributed by atoms with van der Waals surface area (Å²) in [5.74, 6) is -0.790. The molecule has 0 heterocycles. The first-order valence-corrected chi connectivity index (χ1v) is 5.69. The van der Waals surface area contributed by atoms with Crippen LogP contribution in [0.4, 0.5) is 24.5 Å². The Labute approximate surface area is 112 Å². The lowest BCUT2D eigenvalue weighted by molar-refractivity contribution is -0.115. The van der Waals surface area contributed by atoms with Crippen molar-refractivity contribution in [3.05, 3.63) is 22.7 Å². The second-order valence-electron chi connectivity index (χ2n) is 3.61. The molecule has 0 saturated carbocycles. The smallest absolute Gasteiger partial charge is 0.405 e. The molecule has 0 spiro atoms. The summed E-state index contributed by atoms with van der Waals surface area (Å²) in [6.07, 6.45) is -4.43. The van der Waals surface area contributed by atoms with Crippen LogP contribution in [0.25, 0.3) is 0 Å². The molecule has 0 radical (unpaired) electrons. The fourth-order valence-corrected chi connectivity index (χ4v) is 1.66. The summed E-state index contributed by atoms with van der Waals surface area (Å²) >= 11 is 5.79. The van der Waals surface area contributed by atoms with Gasteiger partial charge in [-0.2, -0.15) is 13.2 Å². The van der Waals surface area contributed by atoms with Crippen molar-refractivity contribution >= 4 is 28.9 Å². The van der Waals surface area contributed by atoms with E-state index in [2.05, 4.69) is 5.32 Å². The zero-order valence-corrected chi connectivity index (χ0v) is 10.7. The molecule has 8 heteroatoms. The van der Waals surface area contributed by atoms with Crippen molar-refractivity contribution in [2.45, 2.75) is 13.1 Å². The highest BCUT2D eigenvalue weighted by Crippen LogP contribution is 2.31. The highest BCUT2D eigenvalue weighted by Gasteiger charge is 2.28. The van der Waals surface area contributed by atoms with Gasteiger partial charge in [0.25, 0.3) is 0 Å². The molecule has 1 aromatic rings. The van der Waals surface area contributed by atoms with Gasteiger partial charge in [0, 0.05) is 5.69 Å². The van der Waals surface area contributed by atoms with Crippen molar-refractivity contribution in [2.75, 3.05) is 24.2 Å². The number of nitrogens with two attached hydrogens (primary N) is 1. The van der Waals surface area contributed by atoms with Crippen molar-refractivity contribution in [1.29, 1.82) is 0 Å². The van der Waals surface area contributed by atoms with Crippen LogP contribution >= 0.6 is 11.6 Å². The van der Waals surface area contributed by atoms with Gasteiger partial charge in [-0.3, -0.25) is 0 Å². The molecule has 0 aliphatic rings. The Balaban J connectivity index is 3.09. The van der Waals surface area contributed by atoms with Gasteiger partial charge in [-0.25, -0.2) is 4.79 Å². The van der Waals surface area contributed by atoms with Gasteiger partial charge in [0.15, 0.2) is 0 Å². The van der Waals surface area contributed by atoms with Crippen LogP contribution in [-0.2, 0) is 4.74 Å². The average molecular weight is 297 g/mol. The minimum Gasteiger partial charge on any atom is -0.462 e. The molecule has 0 fully saturated rings. The summed E-state index contributed by atoms with van der Waals surface area (Å²) < 4.78 is 41.3. The van der Waals surface area contributed by atoms with Crippen LogP contribution in [0, 0.1) is 0 Å². The van der Waals surface area contributed by atoms with Crippen molar-refractivity contribution in [1.82, 2.24) is 0 Å². The van der Waals surface area contributed by atoms with Gasteiger partial charge in [-0.15, -0.1) is 0 Å². The number of anilines is 2. The summed E-state index contributed by atoms with van der Waals surface area (Å²) in [7, 11) is 0. The van der Waals surface area contributed by atoms with Crippen LogP contribution < -0.4 is 11.1 Å². The first-order valence-electron chi connectivity index (χ1n) is 5.31. The van der Waals surface area contributed by atoms with Crippen LogP contribution in [0.3, 0.4) is 0 Å². The van der Waals surface area contributed by atoms with Gasteiger partial charge >= 0.3 is 12.1 Å². The quantitative estimate of drug-likeness (QED) is 0.662. The van der Waals surface area contributed by atoms with Crippen LogP contribution in [0.15, 0.2) is 12.1 Å². The Bertz CT molecular complexity index is 478. The number of benzene rings is 1. The molecular weight excluding hydrogens is 285 g/mol. The molecule has 0 amide bonds. The summed E-state index contributed by atoms with van der Waals surface area (Å²) in [4.78, 5) is 11.6. The molecule has 0 aromatic heterocycles. The lowest BCUT2D eigenvalue weighted by Gasteiger charge is -2.15. The molecule has 106 valence electrons. The summed E-state index contributed by atoms with van der Waals surface area (Å²) in [5.41, 5.74) is 5.38. The van der Waals surface area contributed by atoms with E-state index in [0.29, 0.717) is 0 Å². The molecule has 4 nitrogen and oxygen atoms in total. The lowest BCUT2D eigenvalue weighted by Crippen LogP contribution is -2.23. The largest absolute Gasteiger partial charge is 0.462 e. The molecule has 0 unspecified atom stereocenters. The van der Waals surface area contributed by atoms with Gasteiger partial charge in [0.05, 0.1) is 22.9 Å². The third-order valence-electron chi connectivity index (χ3n) is 2.07. The predicted molar refractivity (Wildman–Crippen MR) is 66.4 cm³/mol. The molecule has 0 aliphatic heterocycles. The Hall–Kier alpha value is -1.63. The first kappa shape index (κ1) is 15.4. The molecule has 1 aromatic carbocycles. The molecule has 0 aliphatic carbocycles. The maximum atomic E-state index is 12.2. The molecule has 0 atom stereocenters. The fraction of sp³-hybridized carbons (Fsp3) is 0.364. The van der Waals surface area contributed by atoms with Crippen molar-refractivity contribution < 1.29 is 22.7 Å². The van der Waals surface area contributed by atoms with Gasteiger partial charge in [0.1, 0.15) is 6.54 Å². The van der Waals surface area contributed by atoms with E-state index in [1.165, 1.54) is 12.1 Å².